The van der Waals surface area contributed by atoms with Crippen LogP contribution in [-0.2, 0) is 14.3 Å². The van der Waals surface area contributed by atoms with E-state index < -0.39 is 6.04 Å². The number of rotatable bonds is 5. The number of nitrogens with zero attached hydrogens (tertiary/aromatic N) is 3. The molecule has 0 radical (unpaired) electrons. The van der Waals surface area contributed by atoms with E-state index in [9.17, 15) is 14.4 Å². The number of benzene rings is 1. The van der Waals surface area contributed by atoms with E-state index in [1.165, 1.54) is 19.1 Å². The van der Waals surface area contributed by atoms with Gasteiger partial charge in [-0.05, 0) is 19.1 Å². The van der Waals surface area contributed by atoms with Crippen LogP contribution in [0.4, 0.5) is 10.5 Å². The molecule has 2 aliphatic heterocycles. The number of carbonyl (C=O) groups is 3. The monoisotopic (exact) mass is 391 g/mol. The number of ether oxygens (including phenoxy) is 3. The molecular weight excluding hydrogens is 366 g/mol. The van der Waals surface area contributed by atoms with E-state index in [0.717, 1.165) is 0 Å². The van der Waals surface area contributed by atoms with E-state index in [2.05, 4.69) is 0 Å². The molecule has 0 bridgehead atoms. The SMILES string of the molecule is CCOC(=O)N1CCN([C@@H]2CC(=O)N(c3ccc(OC)c(OC)c3)C2=O)CC1. The van der Waals surface area contributed by atoms with Crippen molar-refractivity contribution >= 4 is 23.6 Å². The predicted octanol–water partition coefficient (Wildman–Crippen LogP) is 1.11. The van der Waals surface area contributed by atoms with Crippen molar-refractivity contribution in [3.8, 4) is 11.5 Å². The molecule has 2 aliphatic rings. The first-order chi connectivity index (χ1) is 13.5. The van der Waals surface area contributed by atoms with Crippen molar-refractivity contribution in [1.29, 1.82) is 0 Å². The smallest absolute Gasteiger partial charge is 0.409 e. The summed E-state index contributed by atoms with van der Waals surface area (Å²) >= 11 is 0. The van der Waals surface area contributed by atoms with Crippen LogP contribution in [0.1, 0.15) is 13.3 Å². The molecule has 3 amide bonds. The van der Waals surface area contributed by atoms with Crippen molar-refractivity contribution in [3.63, 3.8) is 0 Å². The summed E-state index contributed by atoms with van der Waals surface area (Å²) in [5.41, 5.74) is 0.459. The van der Waals surface area contributed by atoms with Gasteiger partial charge in [0, 0.05) is 32.2 Å². The Balaban J connectivity index is 1.70. The van der Waals surface area contributed by atoms with Gasteiger partial charge in [0.15, 0.2) is 11.5 Å². The van der Waals surface area contributed by atoms with E-state index in [0.29, 0.717) is 50.0 Å². The molecule has 2 fully saturated rings. The lowest BCUT2D eigenvalue weighted by atomic mass is 10.2. The molecule has 0 aliphatic carbocycles. The fraction of sp³-hybridized carbons (Fsp3) is 0.526. The summed E-state index contributed by atoms with van der Waals surface area (Å²) in [6.07, 6.45) is -0.227. The summed E-state index contributed by atoms with van der Waals surface area (Å²) in [7, 11) is 3.02. The highest BCUT2D eigenvalue weighted by atomic mass is 16.6. The zero-order valence-corrected chi connectivity index (χ0v) is 16.3. The van der Waals surface area contributed by atoms with E-state index in [4.69, 9.17) is 14.2 Å². The summed E-state index contributed by atoms with van der Waals surface area (Å²) in [4.78, 5) is 42.1. The van der Waals surface area contributed by atoms with E-state index in [1.807, 2.05) is 4.90 Å². The molecule has 1 aromatic rings. The van der Waals surface area contributed by atoms with Crippen molar-refractivity contribution in [3.05, 3.63) is 18.2 Å². The molecular formula is C19H25N3O6. The summed E-state index contributed by atoms with van der Waals surface area (Å²) in [6.45, 7) is 4.06. The van der Waals surface area contributed by atoms with E-state index in [1.54, 1.807) is 30.0 Å². The Labute approximate surface area is 163 Å². The van der Waals surface area contributed by atoms with Gasteiger partial charge in [-0.3, -0.25) is 14.5 Å². The maximum absolute atomic E-state index is 13.0. The molecule has 3 rings (SSSR count). The van der Waals surface area contributed by atoms with Crippen LogP contribution in [0.3, 0.4) is 0 Å². The number of imide groups is 1. The van der Waals surface area contributed by atoms with Crippen LogP contribution < -0.4 is 14.4 Å². The van der Waals surface area contributed by atoms with Gasteiger partial charge in [0.25, 0.3) is 5.91 Å². The highest BCUT2D eigenvalue weighted by Crippen LogP contribution is 2.34. The van der Waals surface area contributed by atoms with Gasteiger partial charge in [-0.25, -0.2) is 9.69 Å². The Kier molecular flexibility index (Phi) is 6.03. The van der Waals surface area contributed by atoms with Crippen LogP contribution in [0, 0.1) is 0 Å². The molecule has 2 saturated heterocycles. The van der Waals surface area contributed by atoms with Gasteiger partial charge in [0.2, 0.25) is 5.91 Å². The Morgan fingerprint density at radius 2 is 1.75 bits per heavy atom. The average molecular weight is 391 g/mol. The zero-order valence-electron chi connectivity index (χ0n) is 16.3. The Bertz CT molecular complexity index is 760. The minimum absolute atomic E-state index is 0.118. The molecule has 28 heavy (non-hydrogen) atoms. The fourth-order valence-corrected chi connectivity index (χ4v) is 3.57. The first-order valence-electron chi connectivity index (χ1n) is 9.24. The number of amides is 3. The topological polar surface area (TPSA) is 88.6 Å². The lowest BCUT2D eigenvalue weighted by Gasteiger charge is -2.36. The largest absolute Gasteiger partial charge is 0.493 e. The standard InChI is InChI=1S/C19H25N3O6/c1-4-28-19(25)21-9-7-20(8-10-21)14-12-17(23)22(18(14)24)13-5-6-15(26-2)16(11-13)27-3/h5-6,11,14H,4,7-10,12H2,1-3H3/t14-/m1/s1. The van der Waals surface area contributed by atoms with Gasteiger partial charge in [-0.2, -0.15) is 0 Å². The second-order valence-electron chi connectivity index (χ2n) is 6.55. The molecule has 0 N–H and O–H groups in total. The Hall–Kier alpha value is -2.81. The van der Waals surface area contributed by atoms with Crippen molar-refractivity contribution in [2.75, 3.05) is 51.9 Å². The molecule has 2 heterocycles. The fourth-order valence-electron chi connectivity index (χ4n) is 3.57. The molecule has 1 aromatic carbocycles. The lowest BCUT2D eigenvalue weighted by Crippen LogP contribution is -2.54. The van der Waals surface area contributed by atoms with Gasteiger partial charge in [0.05, 0.1) is 39.0 Å². The summed E-state index contributed by atoms with van der Waals surface area (Å²) in [5.74, 6) is 0.459. The van der Waals surface area contributed by atoms with Crippen molar-refractivity contribution in [1.82, 2.24) is 9.80 Å². The number of carbonyl (C=O) groups excluding carboxylic acids is 3. The molecule has 0 aromatic heterocycles. The number of methoxy groups -OCH3 is 2. The third-order valence-corrected chi connectivity index (χ3v) is 5.03. The Morgan fingerprint density at radius 1 is 1.07 bits per heavy atom. The molecule has 0 saturated carbocycles. The predicted molar refractivity (Wildman–Crippen MR) is 101 cm³/mol. The van der Waals surface area contributed by atoms with Gasteiger partial charge >= 0.3 is 6.09 Å². The van der Waals surface area contributed by atoms with E-state index in [-0.39, 0.29) is 24.3 Å². The van der Waals surface area contributed by atoms with Crippen molar-refractivity contribution in [2.45, 2.75) is 19.4 Å². The summed E-state index contributed by atoms with van der Waals surface area (Å²) in [5, 5.41) is 0. The molecule has 152 valence electrons. The second kappa shape index (κ2) is 8.47. The minimum Gasteiger partial charge on any atom is -0.493 e. The molecule has 9 heteroatoms. The van der Waals surface area contributed by atoms with Gasteiger partial charge in [-0.1, -0.05) is 0 Å². The number of hydrogen-bond acceptors (Lipinski definition) is 7. The molecule has 9 nitrogen and oxygen atoms in total. The zero-order chi connectivity index (χ0) is 20.3. The normalized spacial score (nSPS) is 20.5. The lowest BCUT2D eigenvalue weighted by molar-refractivity contribution is -0.123. The second-order valence-corrected chi connectivity index (χ2v) is 6.55. The highest BCUT2D eigenvalue weighted by molar-refractivity contribution is 6.22. The van der Waals surface area contributed by atoms with Gasteiger partial charge in [0.1, 0.15) is 0 Å². The first-order valence-corrected chi connectivity index (χ1v) is 9.24. The highest BCUT2D eigenvalue weighted by Gasteiger charge is 2.43. The van der Waals surface area contributed by atoms with Gasteiger partial charge in [-0.15, -0.1) is 0 Å². The molecule has 0 spiro atoms. The number of piperazine rings is 1. The molecule has 0 unspecified atom stereocenters. The maximum atomic E-state index is 13.0. The van der Waals surface area contributed by atoms with E-state index >= 15 is 0 Å². The third kappa shape index (κ3) is 3.75. The number of anilines is 1. The summed E-state index contributed by atoms with van der Waals surface area (Å²) < 4.78 is 15.5. The van der Waals surface area contributed by atoms with Crippen LogP contribution in [0.2, 0.25) is 0 Å². The Morgan fingerprint density at radius 3 is 2.36 bits per heavy atom. The maximum Gasteiger partial charge on any atom is 0.409 e. The minimum atomic E-state index is -0.523. The van der Waals surface area contributed by atoms with Crippen LogP contribution >= 0.6 is 0 Å². The third-order valence-electron chi connectivity index (χ3n) is 5.03. The first kappa shape index (κ1) is 19.9. The average Bonchev–Trinajstić information content (AvgIpc) is 3.01. The van der Waals surface area contributed by atoms with Crippen LogP contribution in [0.15, 0.2) is 18.2 Å². The van der Waals surface area contributed by atoms with Crippen LogP contribution in [0.25, 0.3) is 0 Å². The molecule has 1 atom stereocenters. The van der Waals surface area contributed by atoms with Crippen molar-refractivity contribution < 1.29 is 28.6 Å². The van der Waals surface area contributed by atoms with Gasteiger partial charge < -0.3 is 19.1 Å². The summed E-state index contributed by atoms with van der Waals surface area (Å²) in [6, 6.07) is 4.43. The quantitative estimate of drug-likeness (QED) is 0.695. The van der Waals surface area contributed by atoms with Crippen molar-refractivity contribution in [2.24, 2.45) is 0 Å². The van der Waals surface area contributed by atoms with Crippen LogP contribution in [-0.4, -0.2) is 80.8 Å². The van der Waals surface area contributed by atoms with Crippen LogP contribution in [0.5, 0.6) is 11.5 Å². The number of hydrogen-bond donors (Lipinski definition) is 0.